The number of nitrogens with one attached hydrogen (secondary N) is 1. The van der Waals surface area contributed by atoms with E-state index in [9.17, 15) is 0 Å². The highest BCUT2D eigenvalue weighted by Crippen LogP contribution is 2.14. The minimum absolute atomic E-state index is 0.0776. The van der Waals surface area contributed by atoms with Crippen molar-refractivity contribution in [2.45, 2.75) is 38.8 Å². The smallest absolute Gasteiger partial charge is 0.0638 e. The summed E-state index contributed by atoms with van der Waals surface area (Å²) < 4.78 is 5.21. The van der Waals surface area contributed by atoms with Gasteiger partial charge in [0.2, 0.25) is 0 Å². The molecule has 0 saturated carbocycles. The van der Waals surface area contributed by atoms with Crippen molar-refractivity contribution in [1.82, 2.24) is 5.43 Å². The summed E-state index contributed by atoms with van der Waals surface area (Å²) in [5, 5.41) is 0. The molecule has 0 aromatic rings. The van der Waals surface area contributed by atoms with Gasteiger partial charge in [-0.2, -0.15) is 0 Å². The van der Waals surface area contributed by atoms with Gasteiger partial charge in [-0.05, 0) is 27.2 Å². The molecular formula is C7H18N2O. The van der Waals surface area contributed by atoms with E-state index in [0.29, 0.717) is 6.04 Å². The summed E-state index contributed by atoms with van der Waals surface area (Å²) in [5.41, 5.74) is 2.60. The molecule has 10 heavy (non-hydrogen) atoms. The van der Waals surface area contributed by atoms with Crippen LogP contribution in [-0.4, -0.2) is 18.8 Å². The Kier molecular flexibility index (Phi) is 3.86. The van der Waals surface area contributed by atoms with Crippen LogP contribution < -0.4 is 11.3 Å². The first-order chi connectivity index (χ1) is 4.52. The Labute approximate surface area is 62.9 Å². The van der Waals surface area contributed by atoms with E-state index >= 15 is 0 Å². The van der Waals surface area contributed by atoms with Crippen molar-refractivity contribution in [3.63, 3.8) is 0 Å². The first-order valence-corrected chi connectivity index (χ1v) is 3.53. The maximum absolute atomic E-state index is 5.23. The molecule has 0 aliphatic heterocycles. The van der Waals surface area contributed by atoms with Crippen LogP contribution in [0.5, 0.6) is 0 Å². The van der Waals surface area contributed by atoms with E-state index in [1.165, 1.54) is 0 Å². The van der Waals surface area contributed by atoms with Crippen molar-refractivity contribution in [1.29, 1.82) is 0 Å². The van der Waals surface area contributed by atoms with Crippen LogP contribution in [0.1, 0.15) is 27.2 Å². The van der Waals surface area contributed by atoms with Crippen LogP contribution in [0.2, 0.25) is 0 Å². The predicted octanol–water partition coefficient (Wildman–Crippen LogP) is 0.653. The number of hydrazine groups is 1. The highest BCUT2D eigenvalue weighted by molar-refractivity contribution is 4.73. The zero-order chi connectivity index (χ0) is 8.20. The normalized spacial score (nSPS) is 15.3. The summed E-state index contributed by atoms with van der Waals surface area (Å²) in [6, 6.07) is 0.301. The van der Waals surface area contributed by atoms with Crippen molar-refractivity contribution in [2.75, 3.05) is 7.11 Å². The molecule has 0 saturated heterocycles. The van der Waals surface area contributed by atoms with Crippen molar-refractivity contribution in [3.05, 3.63) is 0 Å². The van der Waals surface area contributed by atoms with Crippen LogP contribution in [0.4, 0.5) is 0 Å². The van der Waals surface area contributed by atoms with Gasteiger partial charge >= 0.3 is 0 Å². The van der Waals surface area contributed by atoms with E-state index in [1.807, 2.05) is 20.8 Å². The quantitative estimate of drug-likeness (QED) is 0.452. The molecular weight excluding hydrogens is 128 g/mol. The van der Waals surface area contributed by atoms with Gasteiger partial charge in [-0.3, -0.25) is 11.3 Å². The summed E-state index contributed by atoms with van der Waals surface area (Å²) >= 11 is 0. The minimum atomic E-state index is -0.0776. The second-order valence-corrected chi connectivity index (χ2v) is 3.24. The molecule has 0 aromatic carbocycles. The fourth-order valence-corrected chi connectivity index (χ4v) is 0.880. The van der Waals surface area contributed by atoms with Crippen molar-refractivity contribution < 1.29 is 4.74 Å². The first-order valence-electron chi connectivity index (χ1n) is 3.53. The van der Waals surface area contributed by atoms with E-state index in [-0.39, 0.29) is 5.60 Å². The lowest BCUT2D eigenvalue weighted by atomic mass is 10.0. The van der Waals surface area contributed by atoms with Gasteiger partial charge in [-0.25, -0.2) is 0 Å². The Balaban J connectivity index is 3.64. The van der Waals surface area contributed by atoms with Gasteiger partial charge in [0.25, 0.3) is 0 Å². The number of rotatable bonds is 4. The van der Waals surface area contributed by atoms with Crippen molar-refractivity contribution in [2.24, 2.45) is 5.84 Å². The van der Waals surface area contributed by atoms with E-state index < -0.39 is 0 Å². The molecule has 0 radical (unpaired) electrons. The van der Waals surface area contributed by atoms with Crippen LogP contribution in [-0.2, 0) is 4.74 Å². The van der Waals surface area contributed by atoms with Crippen LogP contribution in [0.25, 0.3) is 0 Å². The number of nitrogens with two attached hydrogens (primary N) is 1. The van der Waals surface area contributed by atoms with Crippen LogP contribution >= 0.6 is 0 Å². The topological polar surface area (TPSA) is 47.3 Å². The third-order valence-electron chi connectivity index (χ3n) is 1.63. The minimum Gasteiger partial charge on any atom is -0.379 e. The Morgan fingerprint density at radius 3 is 2.40 bits per heavy atom. The average Bonchev–Trinajstić information content (AvgIpc) is 1.87. The number of hydrogen-bond acceptors (Lipinski definition) is 3. The SMILES string of the molecule is COC(C)(C)C[C@H](C)NN. The molecule has 0 unspecified atom stereocenters. The highest BCUT2D eigenvalue weighted by atomic mass is 16.5. The zero-order valence-corrected chi connectivity index (χ0v) is 7.27. The molecule has 0 rings (SSSR count). The van der Waals surface area contributed by atoms with E-state index in [1.54, 1.807) is 7.11 Å². The largest absolute Gasteiger partial charge is 0.379 e. The summed E-state index contributed by atoms with van der Waals surface area (Å²) in [7, 11) is 1.71. The molecule has 1 atom stereocenters. The number of methoxy groups -OCH3 is 1. The third-order valence-corrected chi connectivity index (χ3v) is 1.63. The Morgan fingerprint density at radius 1 is 1.60 bits per heavy atom. The van der Waals surface area contributed by atoms with Gasteiger partial charge in [0.05, 0.1) is 5.60 Å². The molecule has 0 bridgehead atoms. The monoisotopic (exact) mass is 146 g/mol. The lowest BCUT2D eigenvalue weighted by molar-refractivity contribution is 0.00859. The maximum atomic E-state index is 5.23. The predicted molar refractivity (Wildman–Crippen MR) is 42.5 cm³/mol. The second-order valence-electron chi connectivity index (χ2n) is 3.24. The zero-order valence-electron chi connectivity index (χ0n) is 7.27. The van der Waals surface area contributed by atoms with E-state index in [2.05, 4.69) is 5.43 Å². The Bertz CT molecular complexity index is 93.6. The summed E-state index contributed by atoms with van der Waals surface area (Å²) in [6.45, 7) is 6.11. The van der Waals surface area contributed by atoms with Crippen molar-refractivity contribution >= 4 is 0 Å². The summed E-state index contributed by atoms with van der Waals surface area (Å²) in [5.74, 6) is 5.23. The van der Waals surface area contributed by atoms with Gasteiger partial charge in [0.15, 0.2) is 0 Å². The molecule has 0 aliphatic rings. The molecule has 0 aromatic heterocycles. The van der Waals surface area contributed by atoms with Gasteiger partial charge in [0.1, 0.15) is 0 Å². The lowest BCUT2D eigenvalue weighted by Gasteiger charge is -2.25. The molecule has 62 valence electrons. The van der Waals surface area contributed by atoms with Crippen molar-refractivity contribution in [3.8, 4) is 0 Å². The maximum Gasteiger partial charge on any atom is 0.0638 e. The summed E-state index contributed by atoms with van der Waals surface area (Å²) in [4.78, 5) is 0. The fraction of sp³-hybridized carbons (Fsp3) is 1.00. The molecule has 0 heterocycles. The van der Waals surface area contributed by atoms with Gasteiger partial charge in [-0.15, -0.1) is 0 Å². The molecule has 3 heteroatoms. The molecule has 0 amide bonds. The molecule has 0 fully saturated rings. The standard InChI is InChI=1S/C7H18N2O/c1-6(9-8)5-7(2,3)10-4/h6,9H,5,8H2,1-4H3/t6-/m0/s1. The molecule has 3 nitrogen and oxygen atoms in total. The number of hydrogen-bond donors (Lipinski definition) is 2. The highest BCUT2D eigenvalue weighted by Gasteiger charge is 2.18. The van der Waals surface area contributed by atoms with E-state index in [0.717, 1.165) is 6.42 Å². The third kappa shape index (κ3) is 3.82. The first kappa shape index (κ1) is 9.88. The summed E-state index contributed by atoms with van der Waals surface area (Å²) in [6.07, 6.45) is 0.917. The van der Waals surface area contributed by atoms with Crippen LogP contribution in [0.3, 0.4) is 0 Å². The fourth-order valence-electron chi connectivity index (χ4n) is 0.880. The van der Waals surface area contributed by atoms with E-state index in [4.69, 9.17) is 10.6 Å². The average molecular weight is 146 g/mol. The Hall–Kier alpha value is -0.120. The second kappa shape index (κ2) is 3.91. The molecule has 3 N–H and O–H groups in total. The van der Waals surface area contributed by atoms with Gasteiger partial charge in [0, 0.05) is 13.2 Å². The van der Waals surface area contributed by atoms with Gasteiger partial charge < -0.3 is 4.74 Å². The number of ether oxygens (including phenoxy) is 1. The lowest BCUT2D eigenvalue weighted by Crippen LogP contribution is -2.39. The van der Waals surface area contributed by atoms with Gasteiger partial charge in [-0.1, -0.05) is 0 Å². The van der Waals surface area contributed by atoms with Crippen LogP contribution in [0.15, 0.2) is 0 Å². The Morgan fingerprint density at radius 2 is 2.10 bits per heavy atom. The molecule has 0 aliphatic carbocycles. The van der Waals surface area contributed by atoms with Crippen LogP contribution in [0, 0.1) is 0 Å². The molecule has 0 spiro atoms.